The van der Waals surface area contributed by atoms with Crippen molar-refractivity contribution in [2.75, 3.05) is 12.4 Å². The average molecular weight is 429 g/mol. The maximum atomic E-state index is 12.7. The van der Waals surface area contributed by atoms with Crippen LogP contribution in [0.5, 0.6) is 11.7 Å². The number of hydrogen-bond donors (Lipinski definition) is 2. The van der Waals surface area contributed by atoms with E-state index < -0.39 is 23.1 Å². The number of amides is 1. The van der Waals surface area contributed by atoms with Gasteiger partial charge in [-0.2, -0.15) is 0 Å². The number of aromatic carboxylic acids is 1. The van der Waals surface area contributed by atoms with Gasteiger partial charge in [0.2, 0.25) is 11.6 Å². The lowest BCUT2D eigenvalue weighted by Gasteiger charge is -2.13. The van der Waals surface area contributed by atoms with Gasteiger partial charge in [-0.1, -0.05) is 17.7 Å². The Kier molecular flexibility index (Phi) is 6.26. The lowest BCUT2D eigenvalue weighted by atomic mass is 10.2. The molecule has 156 valence electrons. The Labute approximate surface area is 176 Å². The van der Waals surface area contributed by atoms with Crippen LogP contribution in [-0.2, 0) is 4.79 Å². The molecule has 3 aromatic rings. The minimum absolute atomic E-state index is 0.0341. The Bertz CT molecular complexity index is 1080. The first-order valence-corrected chi connectivity index (χ1v) is 9.73. The molecule has 0 saturated carbocycles. The normalized spacial score (nSPS) is 11.7. The fourth-order valence-corrected chi connectivity index (χ4v) is 3.44. The quantitative estimate of drug-likeness (QED) is 0.432. The van der Waals surface area contributed by atoms with Crippen molar-refractivity contribution in [1.82, 2.24) is 5.27 Å². The number of rotatable bonds is 7. The van der Waals surface area contributed by atoms with Crippen LogP contribution >= 0.6 is 11.8 Å². The van der Waals surface area contributed by atoms with E-state index in [9.17, 15) is 14.7 Å². The van der Waals surface area contributed by atoms with Gasteiger partial charge >= 0.3 is 5.97 Å². The molecule has 1 atom stereocenters. The summed E-state index contributed by atoms with van der Waals surface area (Å²) >= 11 is 0.999. The number of nitrogens with zero attached hydrogens (tertiary/aromatic N) is 2. The van der Waals surface area contributed by atoms with Gasteiger partial charge in [-0.15, -0.1) is 0 Å². The molecule has 0 bridgehead atoms. The zero-order chi connectivity index (χ0) is 21.8. The van der Waals surface area contributed by atoms with Crippen molar-refractivity contribution >= 4 is 29.3 Å². The SMILES string of the molecule is COc1cc(C(=O)O)ccc1NC(=O)C(C)Sc1c([O-])on[n+]1-c1ccc(C)cc1. The third-order valence-electron chi connectivity index (χ3n) is 4.21. The van der Waals surface area contributed by atoms with Crippen LogP contribution in [0.1, 0.15) is 22.8 Å². The highest BCUT2D eigenvalue weighted by Crippen LogP contribution is 2.30. The van der Waals surface area contributed by atoms with Crippen molar-refractivity contribution in [2.24, 2.45) is 0 Å². The molecular weight excluding hydrogens is 410 g/mol. The number of carboxylic acids is 1. The maximum absolute atomic E-state index is 12.7. The smallest absolute Gasteiger partial charge is 0.335 e. The predicted octanol–water partition coefficient (Wildman–Crippen LogP) is 2.16. The van der Waals surface area contributed by atoms with E-state index in [1.807, 2.05) is 19.1 Å². The van der Waals surface area contributed by atoms with Crippen molar-refractivity contribution in [3.05, 3.63) is 53.6 Å². The Morgan fingerprint density at radius 3 is 2.60 bits per heavy atom. The summed E-state index contributed by atoms with van der Waals surface area (Å²) in [6.45, 7) is 3.57. The number of anilines is 1. The molecule has 0 saturated heterocycles. The summed E-state index contributed by atoms with van der Waals surface area (Å²) in [5.74, 6) is -1.95. The molecule has 0 radical (unpaired) electrons. The van der Waals surface area contributed by atoms with Crippen LogP contribution in [0.3, 0.4) is 0 Å². The number of ether oxygens (including phenoxy) is 1. The largest absolute Gasteiger partial charge is 0.538 e. The molecule has 2 aromatic carbocycles. The molecule has 2 N–H and O–H groups in total. The van der Waals surface area contributed by atoms with Crippen molar-refractivity contribution in [3.63, 3.8) is 0 Å². The second-order valence-corrected chi connectivity index (χ2v) is 7.71. The standard InChI is InChI=1S/C20H19N3O6S/c1-11-4-7-14(8-5-11)23-18(20(27)29-22-23)30-12(2)17(24)21-15-9-6-13(19(25)26)10-16(15)28-3/h4-10,12H,1-3H3,(H2-,21,22,24,25,26,27). The molecule has 1 heterocycles. The van der Waals surface area contributed by atoms with E-state index in [2.05, 4.69) is 10.6 Å². The van der Waals surface area contributed by atoms with Gasteiger partial charge in [-0.3, -0.25) is 4.79 Å². The number of methoxy groups -OCH3 is 1. The predicted molar refractivity (Wildman–Crippen MR) is 106 cm³/mol. The number of hydrogen-bond acceptors (Lipinski definition) is 7. The Morgan fingerprint density at radius 1 is 1.27 bits per heavy atom. The topological polar surface area (TPSA) is 129 Å². The maximum Gasteiger partial charge on any atom is 0.335 e. The number of benzene rings is 2. The zero-order valence-corrected chi connectivity index (χ0v) is 17.2. The molecule has 30 heavy (non-hydrogen) atoms. The Morgan fingerprint density at radius 2 is 1.97 bits per heavy atom. The number of carbonyl (C=O) groups excluding carboxylic acids is 1. The van der Waals surface area contributed by atoms with Crippen molar-refractivity contribution in [2.45, 2.75) is 24.1 Å². The van der Waals surface area contributed by atoms with Crippen LogP contribution in [0.2, 0.25) is 0 Å². The Hall–Kier alpha value is -3.53. The second-order valence-electron chi connectivity index (χ2n) is 6.38. The van der Waals surface area contributed by atoms with E-state index in [1.54, 1.807) is 19.1 Å². The van der Waals surface area contributed by atoms with Gasteiger partial charge < -0.3 is 24.8 Å². The number of carboxylic acid groups (broad SMARTS) is 1. The van der Waals surface area contributed by atoms with Crippen molar-refractivity contribution in [1.29, 1.82) is 0 Å². The number of aromatic nitrogens is 2. The minimum atomic E-state index is -1.11. The van der Waals surface area contributed by atoms with Gasteiger partial charge in [0.05, 0.1) is 28.9 Å². The third-order valence-corrected chi connectivity index (χ3v) is 5.35. The molecule has 0 aliphatic rings. The highest BCUT2D eigenvalue weighted by atomic mass is 32.2. The highest BCUT2D eigenvalue weighted by Gasteiger charge is 2.27. The van der Waals surface area contributed by atoms with Gasteiger partial charge in [-0.25, -0.2) is 4.79 Å². The zero-order valence-electron chi connectivity index (χ0n) is 16.4. The van der Waals surface area contributed by atoms with E-state index in [1.165, 1.54) is 30.0 Å². The molecular formula is C20H19N3O6S. The monoisotopic (exact) mass is 429 g/mol. The van der Waals surface area contributed by atoms with E-state index in [4.69, 9.17) is 14.4 Å². The summed E-state index contributed by atoms with van der Waals surface area (Å²) in [6, 6.07) is 11.5. The van der Waals surface area contributed by atoms with Crippen LogP contribution in [0.4, 0.5) is 5.69 Å². The fraction of sp³-hybridized carbons (Fsp3) is 0.200. The molecule has 0 aliphatic heterocycles. The van der Waals surface area contributed by atoms with E-state index >= 15 is 0 Å². The van der Waals surface area contributed by atoms with E-state index in [0.717, 1.165) is 17.3 Å². The van der Waals surface area contributed by atoms with Crippen LogP contribution < -0.4 is 19.8 Å². The summed E-state index contributed by atoms with van der Waals surface area (Å²) in [4.78, 5) is 23.8. The summed E-state index contributed by atoms with van der Waals surface area (Å²) in [5, 5.41) is 27.1. The number of thioether (sulfide) groups is 1. The van der Waals surface area contributed by atoms with Gasteiger partial charge in [0.15, 0.2) is 5.95 Å². The highest BCUT2D eigenvalue weighted by molar-refractivity contribution is 8.00. The summed E-state index contributed by atoms with van der Waals surface area (Å²) in [7, 11) is 1.38. The van der Waals surface area contributed by atoms with Gasteiger partial charge in [0.25, 0.3) is 5.03 Å². The van der Waals surface area contributed by atoms with Crippen molar-refractivity contribution in [3.8, 4) is 17.4 Å². The molecule has 1 aromatic heterocycles. The first-order chi connectivity index (χ1) is 14.3. The number of aryl methyl sites for hydroxylation is 1. The lowest BCUT2D eigenvalue weighted by molar-refractivity contribution is -0.705. The second kappa shape index (κ2) is 8.87. The van der Waals surface area contributed by atoms with Crippen LogP contribution in [0, 0.1) is 6.92 Å². The molecule has 9 nitrogen and oxygen atoms in total. The van der Waals surface area contributed by atoms with Gasteiger partial charge in [-0.05, 0) is 48.5 Å². The van der Waals surface area contributed by atoms with Gasteiger partial charge in [0, 0.05) is 12.1 Å². The average Bonchev–Trinajstić information content (AvgIpc) is 3.08. The van der Waals surface area contributed by atoms with Gasteiger partial charge in [0.1, 0.15) is 5.75 Å². The molecule has 0 spiro atoms. The first-order valence-electron chi connectivity index (χ1n) is 8.85. The minimum Gasteiger partial charge on any atom is -0.538 e. The summed E-state index contributed by atoms with van der Waals surface area (Å²) < 4.78 is 11.3. The fourth-order valence-electron chi connectivity index (χ4n) is 2.57. The van der Waals surface area contributed by atoms with E-state index in [0.29, 0.717) is 11.4 Å². The Balaban J connectivity index is 1.78. The number of nitrogens with one attached hydrogen (secondary N) is 1. The molecule has 1 unspecified atom stereocenters. The number of carbonyl (C=O) groups is 2. The third kappa shape index (κ3) is 4.54. The molecule has 10 heteroatoms. The van der Waals surface area contributed by atoms with Crippen LogP contribution in [-0.4, -0.2) is 34.6 Å². The lowest BCUT2D eigenvalue weighted by Crippen LogP contribution is -2.36. The van der Waals surface area contributed by atoms with E-state index in [-0.39, 0.29) is 16.3 Å². The first kappa shape index (κ1) is 21.2. The molecule has 1 amide bonds. The summed E-state index contributed by atoms with van der Waals surface area (Å²) in [6.07, 6.45) is 0. The molecule has 0 fully saturated rings. The van der Waals surface area contributed by atoms with Crippen molar-refractivity contribution < 1.29 is 33.7 Å². The molecule has 3 rings (SSSR count). The van der Waals surface area contributed by atoms with Crippen LogP contribution in [0.15, 0.2) is 52.0 Å². The molecule has 0 aliphatic carbocycles. The summed E-state index contributed by atoms with van der Waals surface area (Å²) in [5.41, 5.74) is 2.04. The van der Waals surface area contributed by atoms with Crippen LogP contribution in [0.25, 0.3) is 5.69 Å².